The average Bonchev–Trinajstić information content (AvgIpc) is 3.18. The van der Waals surface area contributed by atoms with Crippen LogP contribution in [-0.4, -0.2) is 38.0 Å². The van der Waals surface area contributed by atoms with Gasteiger partial charge in [0.15, 0.2) is 0 Å². The molecule has 0 aliphatic heterocycles. The number of hydrogen-bond donors (Lipinski definition) is 2. The second-order valence-corrected chi connectivity index (χ2v) is 11.3. The molecule has 0 radical (unpaired) electrons. The Kier molecular flexibility index (Phi) is 8.77. The van der Waals surface area contributed by atoms with Gasteiger partial charge in [0, 0.05) is 6.04 Å². The first kappa shape index (κ1) is 22.5. The summed E-state index contributed by atoms with van der Waals surface area (Å²) in [5.41, 5.74) is 5.02. The molecule has 2 rings (SSSR count). The first-order chi connectivity index (χ1) is 12.4. The molecule has 10 heteroatoms. The van der Waals surface area contributed by atoms with Crippen LogP contribution in [0.15, 0.2) is 0 Å². The Morgan fingerprint density at radius 1 is 0.846 bits per heavy atom. The van der Waals surface area contributed by atoms with Gasteiger partial charge >= 0.3 is 15.2 Å². The maximum Gasteiger partial charge on any atom is 0.361 e. The highest BCUT2D eigenvalue weighted by Crippen LogP contribution is 2.69. The summed E-state index contributed by atoms with van der Waals surface area (Å²) in [5, 5.41) is 0. The van der Waals surface area contributed by atoms with E-state index in [-0.39, 0.29) is 32.5 Å². The predicted molar refractivity (Wildman–Crippen MR) is 101 cm³/mol. The van der Waals surface area contributed by atoms with Crippen LogP contribution in [0.2, 0.25) is 0 Å². The molecule has 2 bridgehead atoms. The Balaban J connectivity index is 2.21. The second-order valence-electron chi connectivity index (χ2n) is 6.69. The number of hydrazine groups is 1. The van der Waals surface area contributed by atoms with E-state index in [0.717, 1.165) is 12.3 Å². The largest absolute Gasteiger partial charge is 0.361 e. The van der Waals surface area contributed by atoms with Crippen molar-refractivity contribution in [2.75, 3.05) is 26.4 Å². The molecule has 0 amide bonds. The summed E-state index contributed by atoms with van der Waals surface area (Å²) in [7, 11) is -7.54. The van der Waals surface area contributed by atoms with Crippen LogP contribution in [0.25, 0.3) is 0 Å². The van der Waals surface area contributed by atoms with Crippen molar-refractivity contribution in [3.05, 3.63) is 0 Å². The van der Waals surface area contributed by atoms with Crippen molar-refractivity contribution >= 4 is 15.2 Å². The van der Waals surface area contributed by atoms with Gasteiger partial charge < -0.3 is 18.1 Å². The Morgan fingerprint density at radius 3 is 1.69 bits per heavy atom. The standard InChI is InChI=1S/C16H34N2O6P2/c1-5-21-25(19,22-6-2)16(26(20,23-7-3)24-8-4)18-17-15-12-13-9-10-14(15)11-13/h13-18H,5-12H2,1-4H3/t13-,14+,15+/m1/s1. The van der Waals surface area contributed by atoms with Gasteiger partial charge in [0.2, 0.25) is 5.52 Å². The van der Waals surface area contributed by atoms with E-state index in [1.807, 2.05) is 0 Å². The second kappa shape index (κ2) is 10.1. The van der Waals surface area contributed by atoms with Gasteiger partial charge in [-0.1, -0.05) is 6.42 Å². The van der Waals surface area contributed by atoms with Crippen LogP contribution in [0.3, 0.4) is 0 Å². The Labute approximate surface area is 157 Å². The van der Waals surface area contributed by atoms with Gasteiger partial charge in [0.1, 0.15) is 0 Å². The molecular weight excluding hydrogens is 378 g/mol. The highest BCUT2D eigenvalue weighted by molar-refractivity contribution is 7.72. The van der Waals surface area contributed by atoms with E-state index in [1.54, 1.807) is 27.7 Å². The minimum atomic E-state index is -3.77. The van der Waals surface area contributed by atoms with Crippen molar-refractivity contribution in [3.63, 3.8) is 0 Å². The highest BCUT2D eigenvalue weighted by atomic mass is 31.2. The van der Waals surface area contributed by atoms with Crippen molar-refractivity contribution < 1.29 is 27.2 Å². The molecule has 26 heavy (non-hydrogen) atoms. The minimum absolute atomic E-state index is 0.168. The van der Waals surface area contributed by atoms with E-state index in [9.17, 15) is 9.13 Å². The zero-order valence-corrected chi connectivity index (χ0v) is 18.1. The fraction of sp³-hybridized carbons (Fsp3) is 1.00. The third kappa shape index (κ3) is 5.18. The number of nitrogens with one attached hydrogen (secondary N) is 2. The Morgan fingerprint density at radius 2 is 1.35 bits per heavy atom. The first-order valence-corrected chi connectivity index (χ1v) is 12.9. The molecule has 2 aliphatic carbocycles. The SMILES string of the molecule is CCOP(=O)(OCC)C(NN[C@H]1C[C@@H]2CC[C@H]1C2)P(=O)(OCC)OCC. The molecule has 0 heterocycles. The predicted octanol–water partition coefficient (Wildman–Crippen LogP) is 4.09. The summed E-state index contributed by atoms with van der Waals surface area (Å²) in [6, 6.07) is 0.254. The van der Waals surface area contributed by atoms with Crippen LogP contribution in [0.4, 0.5) is 0 Å². The van der Waals surface area contributed by atoms with Crippen LogP contribution in [0.5, 0.6) is 0 Å². The summed E-state index contributed by atoms with van der Waals surface area (Å²) >= 11 is 0. The fourth-order valence-electron chi connectivity index (χ4n) is 4.01. The van der Waals surface area contributed by atoms with E-state index >= 15 is 0 Å². The van der Waals surface area contributed by atoms with Crippen LogP contribution >= 0.6 is 15.2 Å². The van der Waals surface area contributed by atoms with Crippen LogP contribution in [0, 0.1) is 11.8 Å². The average molecular weight is 412 g/mol. The van der Waals surface area contributed by atoms with Crippen molar-refractivity contribution in [3.8, 4) is 0 Å². The molecule has 2 saturated carbocycles. The third-order valence-corrected chi connectivity index (χ3v) is 10.6. The molecule has 2 fully saturated rings. The van der Waals surface area contributed by atoms with E-state index in [0.29, 0.717) is 5.92 Å². The zero-order chi connectivity index (χ0) is 19.2. The van der Waals surface area contributed by atoms with E-state index in [2.05, 4.69) is 10.9 Å². The van der Waals surface area contributed by atoms with Gasteiger partial charge in [-0.25, -0.2) is 5.43 Å². The van der Waals surface area contributed by atoms with Gasteiger partial charge in [0.05, 0.1) is 26.4 Å². The van der Waals surface area contributed by atoms with Gasteiger partial charge in [0.25, 0.3) is 0 Å². The van der Waals surface area contributed by atoms with Gasteiger partial charge in [-0.05, 0) is 58.8 Å². The molecule has 8 nitrogen and oxygen atoms in total. The lowest BCUT2D eigenvalue weighted by molar-refractivity contribution is 0.183. The molecule has 2 aliphatic rings. The molecule has 0 aromatic rings. The third-order valence-electron chi connectivity index (χ3n) is 4.97. The van der Waals surface area contributed by atoms with E-state index < -0.39 is 20.7 Å². The van der Waals surface area contributed by atoms with Crippen molar-refractivity contribution in [1.29, 1.82) is 0 Å². The van der Waals surface area contributed by atoms with Gasteiger partial charge in [-0.2, -0.15) is 0 Å². The number of fused-ring (bicyclic) bond motifs is 2. The summed E-state index contributed by atoms with van der Waals surface area (Å²) in [5.74, 6) is 1.33. The first-order valence-electron chi connectivity index (χ1n) is 9.71. The molecule has 2 N–H and O–H groups in total. The minimum Gasteiger partial charge on any atom is -0.307 e. The van der Waals surface area contributed by atoms with Crippen LogP contribution in [-0.2, 0) is 27.2 Å². The van der Waals surface area contributed by atoms with Gasteiger partial charge in [-0.15, -0.1) is 0 Å². The molecule has 154 valence electrons. The summed E-state index contributed by atoms with van der Waals surface area (Å²) in [4.78, 5) is 0. The molecule has 0 aromatic carbocycles. The molecule has 0 spiro atoms. The maximum atomic E-state index is 13.4. The summed E-state index contributed by atoms with van der Waals surface area (Å²) < 4.78 is 48.6. The van der Waals surface area contributed by atoms with Gasteiger partial charge in [-0.3, -0.25) is 14.6 Å². The Hall–Kier alpha value is 0.220. The van der Waals surface area contributed by atoms with Crippen LogP contribution in [0.1, 0.15) is 53.4 Å². The maximum absolute atomic E-state index is 13.4. The number of hydrogen-bond acceptors (Lipinski definition) is 8. The van der Waals surface area contributed by atoms with Crippen LogP contribution < -0.4 is 10.9 Å². The Bertz CT molecular complexity index is 485. The summed E-state index contributed by atoms with van der Waals surface area (Å²) in [6.07, 6.45) is 4.75. The lowest BCUT2D eigenvalue weighted by atomic mass is 9.96. The smallest absolute Gasteiger partial charge is 0.307 e. The van der Waals surface area contributed by atoms with Crippen molar-refractivity contribution in [1.82, 2.24) is 10.9 Å². The quantitative estimate of drug-likeness (QED) is 0.345. The van der Waals surface area contributed by atoms with Crippen molar-refractivity contribution in [2.24, 2.45) is 11.8 Å². The number of rotatable bonds is 13. The molecular formula is C16H34N2O6P2. The van der Waals surface area contributed by atoms with E-state index in [1.165, 1.54) is 19.3 Å². The van der Waals surface area contributed by atoms with E-state index in [4.69, 9.17) is 18.1 Å². The monoisotopic (exact) mass is 412 g/mol. The zero-order valence-electron chi connectivity index (χ0n) is 16.3. The lowest BCUT2D eigenvalue weighted by Gasteiger charge is -2.33. The topological polar surface area (TPSA) is 95.1 Å². The lowest BCUT2D eigenvalue weighted by Crippen LogP contribution is -2.49. The summed E-state index contributed by atoms with van der Waals surface area (Å²) in [6.45, 7) is 7.56. The van der Waals surface area contributed by atoms with Crippen molar-refractivity contribution in [2.45, 2.75) is 64.9 Å². The molecule has 0 saturated heterocycles. The molecule has 3 atom stereocenters. The molecule has 0 aromatic heterocycles. The fourth-order valence-corrected chi connectivity index (χ4v) is 8.82. The normalized spacial score (nSPS) is 26.1. The molecule has 0 unspecified atom stereocenters. The highest BCUT2D eigenvalue weighted by Gasteiger charge is 2.52.